The third kappa shape index (κ3) is 2.26. The molecule has 0 aromatic carbocycles. The van der Waals surface area contributed by atoms with E-state index in [-0.39, 0.29) is 10.9 Å². The summed E-state index contributed by atoms with van der Waals surface area (Å²) in [5.41, 5.74) is 2.77. The predicted octanol–water partition coefficient (Wildman–Crippen LogP) is 0.540. The normalized spacial score (nSPS) is 16.2. The van der Waals surface area contributed by atoms with Gasteiger partial charge in [-0.2, -0.15) is 4.31 Å². The van der Waals surface area contributed by atoms with E-state index in [1.807, 2.05) is 6.92 Å². The Labute approximate surface area is 101 Å². The number of hydrogen-bond acceptors (Lipinski definition) is 5. The summed E-state index contributed by atoms with van der Waals surface area (Å²) in [5, 5.41) is 0. The first-order chi connectivity index (χ1) is 8.11. The number of hydrogen-bond donors (Lipinski definition) is 2. The molecule has 0 amide bonds. The number of aromatic nitrogens is 1. The Kier molecular flexibility index (Phi) is 3.32. The fraction of sp³-hybridized carbons (Fsp3) is 0.500. The van der Waals surface area contributed by atoms with Crippen molar-refractivity contribution >= 4 is 15.7 Å². The summed E-state index contributed by atoms with van der Waals surface area (Å²) < 4.78 is 26.3. The maximum Gasteiger partial charge on any atom is 0.246 e. The van der Waals surface area contributed by atoms with Crippen LogP contribution in [0.4, 0.5) is 5.69 Å². The van der Waals surface area contributed by atoms with E-state index in [0.717, 1.165) is 12.8 Å². The first kappa shape index (κ1) is 12.3. The summed E-state index contributed by atoms with van der Waals surface area (Å²) in [6, 6.07) is 1.68. The lowest BCUT2D eigenvalue weighted by atomic mass is 10.4. The van der Waals surface area contributed by atoms with Gasteiger partial charge in [-0.25, -0.2) is 8.42 Å². The van der Waals surface area contributed by atoms with Gasteiger partial charge in [0.25, 0.3) is 0 Å². The summed E-state index contributed by atoms with van der Waals surface area (Å²) in [4.78, 5) is 3.99. The molecule has 1 saturated carbocycles. The molecule has 6 nitrogen and oxygen atoms in total. The molecule has 1 aliphatic carbocycles. The van der Waals surface area contributed by atoms with Gasteiger partial charge in [0.15, 0.2) is 0 Å². The lowest BCUT2D eigenvalue weighted by Crippen LogP contribution is -2.33. The van der Waals surface area contributed by atoms with Gasteiger partial charge in [0.05, 0.1) is 5.69 Å². The second-order valence-corrected chi connectivity index (χ2v) is 5.81. The van der Waals surface area contributed by atoms with E-state index < -0.39 is 10.0 Å². The number of nitrogens with one attached hydrogen (secondary N) is 1. The Bertz CT molecular complexity index is 499. The summed E-state index contributed by atoms with van der Waals surface area (Å²) >= 11 is 0. The number of sulfonamides is 1. The minimum absolute atomic E-state index is 0.135. The van der Waals surface area contributed by atoms with Crippen LogP contribution in [0.5, 0.6) is 0 Å². The highest BCUT2D eigenvalue weighted by molar-refractivity contribution is 7.89. The number of nitrogen functional groups attached to an aromatic ring is 1. The van der Waals surface area contributed by atoms with Crippen molar-refractivity contribution in [3.8, 4) is 0 Å². The quantitative estimate of drug-likeness (QED) is 0.593. The van der Waals surface area contributed by atoms with E-state index in [2.05, 4.69) is 10.4 Å². The van der Waals surface area contributed by atoms with Crippen molar-refractivity contribution in [2.45, 2.75) is 30.7 Å². The fourth-order valence-corrected chi connectivity index (χ4v) is 3.61. The first-order valence-corrected chi connectivity index (χ1v) is 6.97. The highest BCUT2D eigenvalue weighted by atomic mass is 32.2. The van der Waals surface area contributed by atoms with E-state index in [1.165, 1.54) is 16.7 Å². The molecule has 2 rings (SSSR count). The molecule has 94 valence electrons. The van der Waals surface area contributed by atoms with E-state index in [1.54, 1.807) is 6.07 Å². The molecule has 0 bridgehead atoms. The van der Waals surface area contributed by atoms with Crippen molar-refractivity contribution in [3.63, 3.8) is 0 Å². The Morgan fingerprint density at radius 1 is 1.59 bits per heavy atom. The second-order valence-electron chi connectivity index (χ2n) is 3.96. The SMILES string of the molecule is CCN(C1CC1)S(=O)(=O)c1cnccc1NN. The van der Waals surface area contributed by atoms with Gasteiger partial charge < -0.3 is 5.43 Å². The smallest absolute Gasteiger partial charge is 0.246 e. The molecule has 0 atom stereocenters. The standard InChI is InChI=1S/C10H16N4O2S/c1-2-14(8-3-4-8)17(15,16)10-7-12-6-5-9(10)13-11/h5-8H,2-4,11H2,1H3,(H,12,13). The van der Waals surface area contributed by atoms with Crippen molar-refractivity contribution in [1.29, 1.82) is 0 Å². The first-order valence-electron chi connectivity index (χ1n) is 5.53. The van der Waals surface area contributed by atoms with Crippen LogP contribution in [0.25, 0.3) is 0 Å². The van der Waals surface area contributed by atoms with Gasteiger partial charge >= 0.3 is 0 Å². The van der Waals surface area contributed by atoms with Crippen LogP contribution >= 0.6 is 0 Å². The zero-order valence-electron chi connectivity index (χ0n) is 9.63. The molecule has 0 spiro atoms. The van der Waals surface area contributed by atoms with E-state index in [9.17, 15) is 8.42 Å². The number of hydrazine groups is 1. The maximum absolute atomic E-state index is 12.4. The lowest BCUT2D eigenvalue weighted by molar-refractivity contribution is 0.421. The molecular weight excluding hydrogens is 240 g/mol. The van der Waals surface area contributed by atoms with E-state index in [4.69, 9.17) is 5.84 Å². The van der Waals surface area contributed by atoms with Crippen molar-refractivity contribution in [2.75, 3.05) is 12.0 Å². The largest absolute Gasteiger partial charge is 0.323 e. The van der Waals surface area contributed by atoms with Gasteiger partial charge in [0.2, 0.25) is 10.0 Å². The van der Waals surface area contributed by atoms with Gasteiger partial charge in [-0.1, -0.05) is 6.92 Å². The molecule has 17 heavy (non-hydrogen) atoms. The number of rotatable bonds is 5. The number of pyridine rings is 1. The monoisotopic (exact) mass is 256 g/mol. The van der Waals surface area contributed by atoms with Gasteiger partial charge in [0, 0.05) is 25.0 Å². The summed E-state index contributed by atoms with van der Waals surface area (Å²) in [5.74, 6) is 5.32. The molecule has 0 aliphatic heterocycles. The average Bonchev–Trinajstić information content (AvgIpc) is 3.14. The molecule has 1 aromatic rings. The molecule has 1 fully saturated rings. The maximum atomic E-state index is 12.4. The van der Waals surface area contributed by atoms with Gasteiger partial charge in [-0.3, -0.25) is 10.8 Å². The number of nitrogens with two attached hydrogens (primary N) is 1. The Balaban J connectivity index is 2.42. The Morgan fingerprint density at radius 2 is 2.29 bits per heavy atom. The molecule has 1 aliphatic rings. The van der Waals surface area contributed by atoms with E-state index >= 15 is 0 Å². The lowest BCUT2D eigenvalue weighted by Gasteiger charge is -2.21. The van der Waals surface area contributed by atoms with Crippen LogP contribution in [0.1, 0.15) is 19.8 Å². The molecule has 0 saturated heterocycles. The van der Waals surface area contributed by atoms with Gasteiger partial charge in [-0.05, 0) is 18.9 Å². The minimum Gasteiger partial charge on any atom is -0.323 e. The van der Waals surface area contributed by atoms with E-state index in [0.29, 0.717) is 12.2 Å². The fourth-order valence-electron chi connectivity index (χ4n) is 1.82. The molecule has 1 aromatic heterocycles. The van der Waals surface area contributed by atoms with Crippen LogP contribution in [-0.4, -0.2) is 30.3 Å². The van der Waals surface area contributed by atoms with Crippen molar-refractivity contribution < 1.29 is 8.42 Å². The van der Waals surface area contributed by atoms with Crippen LogP contribution in [0.3, 0.4) is 0 Å². The van der Waals surface area contributed by atoms with Gasteiger partial charge in [0.1, 0.15) is 4.90 Å². The van der Waals surface area contributed by atoms with Crippen LogP contribution in [0.15, 0.2) is 23.4 Å². The van der Waals surface area contributed by atoms with Crippen molar-refractivity contribution in [2.24, 2.45) is 5.84 Å². The average molecular weight is 256 g/mol. The number of nitrogens with zero attached hydrogens (tertiary/aromatic N) is 2. The van der Waals surface area contributed by atoms with Crippen LogP contribution in [-0.2, 0) is 10.0 Å². The predicted molar refractivity (Wildman–Crippen MR) is 64.6 cm³/mol. The second kappa shape index (κ2) is 4.59. The van der Waals surface area contributed by atoms with Gasteiger partial charge in [-0.15, -0.1) is 0 Å². The zero-order valence-corrected chi connectivity index (χ0v) is 10.4. The molecule has 0 unspecified atom stereocenters. The summed E-state index contributed by atoms with van der Waals surface area (Å²) in [7, 11) is -3.50. The molecule has 3 N–H and O–H groups in total. The minimum atomic E-state index is -3.50. The molecule has 7 heteroatoms. The molecule has 0 radical (unpaired) electrons. The summed E-state index contributed by atoms with van der Waals surface area (Å²) in [6.45, 7) is 2.30. The zero-order chi connectivity index (χ0) is 12.5. The molecular formula is C10H16N4O2S. The van der Waals surface area contributed by atoms with Crippen LogP contribution in [0, 0.1) is 0 Å². The van der Waals surface area contributed by atoms with Crippen LogP contribution in [0.2, 0.25) is 0 Å². The highest BCUT2D eigenvalue weighted by Gasteiger charge is 2.37. The molecule has 1 heterocycles. The summed E-state index contributed by atoms with van der Waals surface area (Å²) in [6.07, 6.45) is 4.69. The third-order valence-electron chi connectivity index (χ3n) is 2.79. The van der Waals surface area contributed by atoms with Crippen LogP contribution < -0.4 is 11.3 Å². The number of anilines is 1. The van der Waals surface area contributed by atoms with Crippen molar-refractivity contribution in [3.05, 3.63) is 18.5 Å². The highest BCUT2D eigenvalue weighted by Crippen LogP contribution is 2.33. The van der Waals surface area contributed by atoms with Crippen molar-refractivity contribution in [1.82, 2.24) is 9.29 Å². The topological polar surface area (TPSA) is 88.3 Å². The third-order valence-corrected chi connectivity index (χ3v) is 4.85. The Morgan fingerprint density at radius 3 is 2.82 bits per heavy atom. The Hall–Kier alpha value is -1.18.